The lowest BCUT2D eigenvalue weighted by molar-refractivity contribution is -0.122. The number of aromatic nitrogens is 2. The summed E-state index contributed by atoms with van der Waals surface area (Å²) in [6.07, 6.45) is 1.46. The minimum absolute atomic E-state index is 0.212. The summed E-state index contributed by atoms with van der Waals surface area (Å²) in [5, 5.41) is 12.1. The van der Waals surface area contributed by atoms with Gasteiger partial charge in [0.05, 0.1) is 17.5 Å². The van der Waals surface area contributed by atoms with Gasteiger partial charge in [0.1, 0.15) is 6.04 Å². The average molecular weight is 286 g/mol. The van der Waals surface area contributed by atoms with Crippen molar-refractivity contribution in [2.24, 2.45) is 0 Å². The molecular weight excluding hydrogens is 268 g/mol. The zero-order chi connectivity index (χ0) is 15.2. The van der Waals surface area contributed by atoms with Crippen molar-refractivity contribution >= 4 is 11.8 Å². The van der Waals surface area contributed by atoms with Crippen LogP contribution in [0.25, 0.3) is 11.3 Å². The van der Waals surface area contributed by atoms with Gasteiger partial charge in [0.25, 0.3) is 5.91 Å². The summed E-state index contributed by atoms with van der Waals surface area (Å²) in [6, 6.07) is 8.84. The number of carbonyl (C=O) groups excluding carboxylic acids is 2. The van der Waals surface area contributed by atoms with Crippen LogP contribution in [0.2, 0.25) is 0 Å². The highest BCUT2D eigenvalue weighted by Gasteiger charge is 2.19. The van der Waals surface area contributed by atoms with E-state index in [0.717, 1.165) is 5.56 Å². The molecule has 0 aliphatic carbocycles. The summed E-state index contributed by atoms with van der Waals surface area (Å²) in [5.41, 5.74) is 1.92. The van der Waals surface area contributed by atoms with Gasteiger partial charge in [-0.1, -0.05) is 30.3 Å². The van der Waals surface area contributed by atoms with Crippen LogP contribution in [-0.2, 0) is 4.79 Å². The summed E-state index contributed by atoms with van der Waals surface area (Å²) in [5.74, 6) is -0.544. The molecule has 110 valence electrons. The Balaban J connectivity index is 2.14. The van der Waals surface area contributed by atoms with E-state index in [2.05, 4.69) is 20.8 Å². The summed E-state index contributed by atoms with van der Waals surface area (Å²) >= 11 is 0. The van der Waals surface area contributed by atoms with Crippen LogP contribution in [0.15, 0.2) is 36.5 Å². The van der Waals surface area contributed by atoms with E-state index in [9.17, 15) is 9.59 Å². The second-order valence-corrected chi connectivity index (χ2v) is 4.61. The monoisotopic (exact) mass is 286 g/mol. The van der Waals surface area contributed by atoms with Crippen LogP contribution in [0.1, 0.15) is 24.2 Å². The quantitative estimate of drug-likeness (QED) is 0.775. The first-order valence-electron chi connectivity index (χ1n) is 6.80. The van der Waals surface area contributed by atoms with Crippen molar-refractivity contribution in [1.82, 2.24) is 20.8 Å². The van der Waals surface area contributed by atoms with E-state index in [4.69, 9.17) is 0 Å². The molecule has 0 bridgehead atoms. The normalized spacial score (nSPS) is 11.7. The lowest BCUT2D eigenvalue weighted by atomic mass is 10.1. The molecule has 0 saturated heterocycles. The summed E-state index contributed by atoms with van der Waals surface area (Å²) in [7, 11) is 0. The largest absolute Gasteiger partial charge is 0.355 e. The maximum Gasteiger partial charge on any atom is 0.255 e. The second-order valence-electron chi connectivity index (χ2n) is 4.61. The van der Waals surface area contributed by atoms with E-state index in [1.165, 1.54) is 6.20 Å². The number of hydrogen-bond acceptors (Lipinski definition) is 3. The first kappa shape index (κ1) is 14.8. The van der Waals surface area contributed by atoms with Crippen molar-refractivity contribution in [3.05, 3.63) is 42.1 Å². The lowest BCUT2D eigenvalue weighted by Crippen LogP contribution is -2.44. The summed E-state index contributed by atoms with van der Waals surface area (Å²) in [6.45, 7) is 4.00. The predicted molar refractivity (Wildman–Crippen MR) is 79.6 cm³/mol. The fraction of sp³-hybridized carbons (Fsp3) is 0.267. The molecule has 0 radical (unpaired) electrons. The number of rotatable bonds is 5. The van der Waals surface area contributed by atoms with Gasteiger partial charge in [0, 0.05) is 12.1 Å². The van der Waals surface area contributed by atoms with Crippen molar-refractivity contribution in [2.75, 3.05) is 6.54 Å². The van der Waals surface area contributed by atoms with Crippen molar-refractivity contribution in [3.8, 4) is 11.3 Å². The molecular formula is C15H18N4O2. The molecule has 0 aliphatic rings. The first-order chi connectivity index (χ1) is 10.1. The number of benzene rings is 1. The van der Waals surface area contributed by atoms with Crippen LogP contribution in [0.4, 0.5) is 0 Å². The van der Waals surface area contributed by atoms with E-state index >= 15 is 0 Å². The predicted octanol–water partition coefficient (Wildman–Crippen LogP) is 1.33. The Bertz CT molecular complexity index is 622. The number of carbonyl (C=O) groups is 2. The lowest BCUT2D eigenvalue weighted by Gasteiger charge is -2.13. The van der Waals surface area contributed by atoms with E-state index in [-0.39, 0.29) is 11.8 Å². The zero-order valence-corrected chi connectivity index (χ0v) is 12.0. The third-order valence-electron chi connectivity index (χ3n) is 3.04. The molecule has 2 aromatic rings. The Morgan fingerprint density at radius 2 is 2.00 bits per heavy atom. The summed E-state index contributed by atoms with van der Waals surface area (Å²) < 4.78 is 0. The standard InChI is InChI=1S/C15H18N4O2/c1-3-16-14(20)10(2)18-15(21)12-9-17-19-13(12)11-7-5-4-6-8-11/h4-10H,3H2,1-2H3,(H,16,20)(H,17,19)(H,18,21). The van der Waals surface area contributed by atoms with Gasteiger partial charge in [-0.25, -0.2) is 0 Å². The van der Waals surface area contributed by atoms with Crippen molar-refractivity contribution in [3.63, 3.8) is 0 Å². The summed E-state index contributed by atoms with van der Waals surface area (Å²) in [4.78, 5) is 23.9. The Labute approximate surface area is 122 Å². The molecule has 2 amide bonds. The van der Waals surface area contributed by atoms with Crippen LogP contribution in [0, 0.1) is 0 Å². The van der Waals surface area contributed by atoms with E-state index in [1.54, 1.807) is 6.92 Å². The molecule has 0 fully saturated rings. The van der Waals surface area contributed by atoms with Gasteiger partial charge in [0.15, 0.2) is 0 Å². The third kappa shape index (κ3) is 3.47. The molecule has 1 aromatic carbocycles. The minimum Gasteiger partial charge on any atom is -0.355 e. The molecule has 1 unspecified atom stereocenters. The molecule has 0 spiro atoms. The number of likely N-dealkylation sites (N-methyl/N-ethyl adjacent to an activating group) is 1. The van der Waals surface area contributed by atoms with E-state index in [1.807, 2.05) is 37.3 Å². The average Bonchev–Trinajstić information content (AvgIpc) is 2.98. The number of nitrogens with zero attached hydrogens (tertiary/aromatic N) is 1. The highest BCUT2D eigenvalue weighted by atomic mass is 16.2. The van der Waals surface area contributed by atoms with Gasteiger partial charge in [0.2, 0.25) is 5.91 Å². The Kier molecular flexibility index (Phi) is 4.71. The molecule has 2 rings (SSSR count). The number of H-pyrrole nitrogens is 1. The second kappa shape index (κ2) is 6.69. The molecule has 1 aromatic heterocycles. The molecule has 1 heterocycles. The number of hydrogen-bond donors (Lipinski definition) is 3. The minimum atomic E-state index is -0.601. The van der Waals surface area contributed by atoms with Gasteiger partial charge in [-0.2, -0.15) is 5.10 Å². The van der Waals surface area contributed by atoms with Gasteiger partial charge >= 0.3 is 0 Å². The van der Waals surface area contributed by atoms with Crippen molar-refractivity contribution in [2.45, 2.75) is 19.9 Å². The molecule has 6 nitrogen and oxygen atoms in total. The van der Waals surface area contributed by atoms with Crippen LogP contribution < -0.4 is 10.6 Å². The zero-order valence-electron chi connectivity index (χ0n) is 12.0. The SMILES string of the molecule is CCNC(=O)C(C)NC(=O)c1cn[nH]c1-c1ccccc1. The fourth-order valence-corrected chi connectivity index (χ4v) is 1.95. The fourth-order valence-electron chi connectivity index (χ4n) is 1.95. The Morgan fingerprint density at radius 3 is 2.67 bits per heavy atom. The topological polar surface area (TPSA) is 86.9 Å². The first-order valence-corrected chi connectivity index (χ1v) is 6.80. The van der Waals surface area contributed by atoms with Crippen LogP contribution in [0.5, 0.6) is 0 Å². The highest BCUT2D eigenvalue weighted by molar-refractivity contribution is 6.01. The molecule has 0 aliphatic heterocycles. The smallest absolute Gasteiger partial charge is 0.255 e. The molecule has 3 N–H and O–H groups in total. The Hall–Kier alpha value is -2.63. The van der Waals surface area contributed by atoms with Crippen LogP contribution in [-0.4, -0.2) is 34.6 Å². The van der Waals surface area contributed by atoms with Crippen molar-refractivity contribution in [1.29, 1.82) is 0 Å². The van der Waals surface area contributed by atoms with Crippen LogP contribution in [0.3, 0.4) is 0 Å². The number of amides is 2. The third-order valence-corrected chi connectivity index (χ3v) is 3.04. The number of aromatic amines is 1. The van der Waals surface area contributed by atoms with Crippen molar-refractivity contribution < 1.29 is 9.59 Å². The van der Waals surface area contributed by atoms with Gasteiger partial charge in [-0.3, -0.25) is 14.7 Å². The van der Waals surface area contributed by atoms with Gasteiger partial charge < -0.3 is 10.6 Å². The highest BCUT2D eigenvalue weighted by Crippen LogP contribution is 2.20. The Morgan fingerprint density at radius 1 is 1.29 bits per heavy atom. The number of nitrogens with one attached hydrogen (secondary N) is 3. The maximum atomic E-state index is 12.3. The molecule has 0 saturated carbocycles. The molecule has 6 heteroatoms. The maximum absolute atomic E-state index is 12.3. The molecule has 1 atom stereocenters. The van der Waals surface area contributed by atoms with Crippen LogP contribution >= 0.6 is 0 Å². The van der Waals surface area contributed by atoms with E-state index in [0.29, 0.717) is 17.8 Å². The van der Waals surface area contributed by atoms with Gasteiger partial charge in [-0.15, -0.1) is 0 Å². The van der Waals surface area contributed by atoms with E-state index < -0.39 is 6.04 Å². The van der Waals surface area contributed by atoms with Gasteiger partial charge in [-0.05, 0) is 13.8 Å². The molecule has 21 heavy (non-hydrogen) atoms.